The van der Waals surface area contributed by atoms with Gasteiger partial charge in [0.15, 0.2) is 0 Å². The summed E-state index contributed by atoms with van der Waals surface area (Å²) in [5, 5.41) is 0. The van der Waals surface area contributed by atoms with Crippen molar-refractivity contribution in [3.8, 4) is 0 Å². The molecule has 1 rings (SSSR count). The Hall–Kier alpha value is -0.280. The summed E-state index contributed by atoms with van der Waals surface area (Å²) in [7, 11) is 0. The Morgan fingerprint density at radius 1 is 1.31 bits per heavy atom. The van der Waals surface area contributed by atoms with E-state index in [0.717, 1.165) is 45.6 Å². The van der Waals surface area contributed by atoms with Gasteiger partial charge in [0.2, 0.25) is 5.91 Å². The summed E-state index contributed by atoms with van der Waals surface area (Å²) in [6, 6.07) is 0. The van der Waals surface area contributed by atoms with Gasteiger partial charge in [-0.15, -0.1) is 11.6 Å². The van der Waals surface area contributed by atoms with E-state index in [9.17, 15) is 4.79 Å². The van der Waals surface area contributed by atoms with Crippen LogP contribution in [0.5, 0.6) is 0 Å². The fourth-order valence-electron chi connectivity index (χ4n) is 2.02. The Kier molecular flexibility index (Phi) is 6.14. The summed E-state index contributed by atoms with van der Waals surface area (Å²) in [4.78, 5) is 16.4. The molecule has 0 aromatic rings. The van der Waals surface area contributed by atoms with Crippen molar-refractivity contribution in [2.75, 3.05) is 38.6 Å². The predicted octanol–water partition coefficient (Wildman–Crippen LogP) is 1.81. The third kappa shape index (κ3) is 3.95. The molecule has 0 aromatic carbocycles. The molecule has 4 heteroatoms. The molecule has 1 aliphatic rings. The average molecular weight is 247 g/mol. The number of hydrogen-bond acceptors (Lipinski definition) is 2. The number of alkyl halides is 1. The molecule has 94 valence electrons. The Morgan fingerprint density at radius 2 is 2.06 bits per heavy atom. The van der Waals surface area contributed by atoms with Crippen LogP contribution in [0.4, 0.5) is 0 Å². The minimum Gasteiger partial charge on any atom is -0.341 e. The number of halogens is 1. The van der Waals surface area contributed by atoms with E-state index in [4.69, 9.17) is 11.6 Å². The molecule has 0 spiro atoms. The van der Waals surface area contributed by atoms with Crippen molar-refractivity contribution in [2.45, 2.75) is 26.7 Å². The van der Waals surface area contributed by atoms with Gasteiger partial charge in [-0.2, -0.15) is 0 Å². The van der Waals surface area contributed by atoms with Gasteiger partial charge in [-0.05, 0) is 19.4 Å². The van der Waals surface area contributed by atoms with Crippen LogP contribution in [-0.4, -0.2) is 54.3 Å². The molecule has 1 aliphatic heterocycles. The third-order valence-electron chi connectivity index (χ3n) is 3.33. The smallest absolute Gasteiger partial charge is 0.225 e. The van der Waals surface area contributed by atoms with Gasteiger partial charge < -0.3 is 9.80 Å². The van der Waals surface area contributed by atoms with Crippen LogP contribution >= 0.6 is 11.6 Å². The first-order chi connectivity index (χ1) is 7.69. The zero-order chi connectivity index (χ0) is 12.0. The van der Waals surface area contributed by atoms with Crippen molar-refractivity contribution in [3.05, 3.63) is 0 Å². The minimum atomic E-state index is 0.166. The zero-order valence-corrected chi connectivity index (χ0v) is 11.2. The van der Waals surface area contributed by atoms with E-state index < -0.39 is 0 Å². The van der Waals surface area contributed by atoms with Crippen molar-refractivity contribution in [2.24, 2.45) is 5.92 Å². The Labute approximate surface area is 104 Å². The summed E-state index contributed by atoms with van der Waals surface area (Å²) in [5.74, 6) is 1.16. The highest BCUT2D eigenvalue weighted by Crippen LogP contribution is 2.10. The molecule has 3 nitrogen and oxygen atoms in total. The quantitative estimate of drug-likeness (QED) is 0.707. The molecule has 1 heterocycles. The van der Waals surface area contributed by atoms with Gasteiger partial charge in [0.1, 0.15) is 0 Å². The van der Waals surface area contributed by atoms with Crippen LogP contribution in [0.1, 0.15) is 26.7 Å². The third-order valence-corrected chi connectivity index (χ3v) is 3.50. The lowest BCUT2D eigenvalue weighted by Crippen LogP contribution is -2.38. The zero-order valence-electron chi connectivity index (χ0n) is 10.4. The number of rotatable bonds is 4. The number of hydrogen-bond donors (Lipinski definition) is 0. The second-order valence-corrected chi connectivity index (χ2v) is 4.90. The van der Waals surface area contributed by atoms with Crippen LogP contribution in [0.15, 0.2) is 0 Å². The lowest BCUT2D eigenvalue weighted by molar-refractivity contribution is -0.134. The van der Waals surface area contributed by atoms with Gasteiger partial charge in [-0.3, -0.25) is 4.79 Å². The SMILES string of the molecule is CCC(C)C(=O)N1CCCN(CCCl)CC1. The number of carbonyl (C=O) groups excluding carboxylic acids is 1. The molecule has 1 fully saturated rings. The molecule has 1 saturated heterocycles. The maximum absolute atomic E-state index is 12.0. The maximum Gasteiger partial charge on any atom is 0.225 e. The van der Waals surface area contributed by atoms with Crippen LogP contribution in [0, 0.1) is 5.92 Å². The molecular formula is C12H23ClN2O. The average Bonchev–Trinajstić information content (AvgIpc) is 2.53. The lowest BCUT2D eigenvalue weighted by Gasteiger charge is -2.24. The first kappa shape index (κ1) is 13.8. The molecule has 0 radical (unpaired) electrons. The summed E-state index contributed by atoms with van der Waals surface area (Å²) in [6.07, 6.45) is 2.00. The standard InChI is InChI=1S/C12H23ClN2O/c1-3-11(2)12(16)15-7-4-6-14(8-5-13)9-10-15/h11H,3-10H2,1-2H3. The van der Waals surface area contributed by atoms with Crippen molar-refractivity contribution < 1.29 is 4.79 Å². The monoisotopic (exact) mass is 246 g/mol. The van der Waals surface area contributed by atoms with Gasteiger partial charge >= 0.3 is 0 Å². The van der Waals surface area contributed by atoms with Crippen LogP contribution in [0.2, 0.25) is 0 Å². The first-order valence-corrected chi connectivity index (χ1v) is 6.79. The maximum atomic E-state index is 12.0. The highest BCUT2D eigenvalue weighted by atomic mass is 35.5. The highest BCUT2D eigenvalue weighted by Gasteiger charge is 2.21. The van der Waals surface area contributed by atoms with Gasteiger partial charge in [0.05, 0.1) is 0 Å². The van der Waals surface area contributed by atoms with Gasteiger partial charge in [0.25, 0.3) is 0 Å². The Morgan fingerprint density at radius 3 is 2.69 bits per heavy atom. The summed E-state index contributed by atoms with van der Waals surface area (Å²) < 4.78 is 0. The Bertz CT molecular complexity index is 223. The first-order valence-electron chi connectivity index (χ1n) is 6.26. The molecule has 0 N–H and O–H groups in total. The minimum absolute atomic E-state index is 0.166. The van der Waals surface area contributed by atoms with E-state index in [1.54, 1.807) is 0 Å². The van der Waals surface area contributed by atoms with Crippen molar-refractivity contribution in [1.82, 2.24) is 9.80 Å². The fourth-order valence-corrected chi connectivity index (χ4v) is 2.26. The van der Waals surface area contributed by atoms with Crippen molar-refractivity contribution >= 4 is 17.5 Å². The molecular weight excluding hydrogens is 224 g/mol. The summed E-state index contributed by atoms with van der Waals surface area (Å²) in [5.41, 5.74) is 0. The topological polar surface area (TPSA) is 23.6 Å². The van der Waals surface area contributed by atoms with Gasteiger partial charge in [0, 0.05) is 38.0 Å². The fraction of sp³-hybridized carbons (Fsp3) is 0.917. The van der Waals surface area contributed by atoms with Crippen LogP contribution in [0.3, 0.4) is 0 Å². The number of amides is 1. The van der Waals surface area contributed by atoms with E-state index in [-0.39, 0.29) is 5.92 Å². The molecule has 0 aliphatic carbocycles. The normalized spacial score (nSPS) is 20.6. The second kappa shape index (κ2) is 7.13. The van der Waals surface area contributed by atoms with E-state index in [1.807, 2.05) is 11.8 Å². The second-order valence-electron chi connectivity index (χ2n) is 4.52. The van der Waals surface area contributed by atoms with E-state index in [1.165, 1.54) is 0 Å². The largest absolute Gasteiger partial charge is 0.341 e. The Balaban J connectivity index is 2.43. The molecule has 0 aromatic heterocycles. The summed E-state index contributed by atoms with van der Waals surface area (Å²) >= 11 is 5.74. The van der Waals surface area contributed by atoms with E-state index in [0.29, 0.717) is 11.8 Å². The molecule has 1 atom stereocenters. The van der Waals surface area contributed by atoms with Crippen LogP contribution < -0.4 is 0 Å². The van der Waals surface area contributed by atoms with E-state index in [2.05, 4.69) is 11.8 Å². The number of carbonyl (C=O) groups is 1. The van der Waals surface area contributed by atoms with Gasteiger partial charge in [-0.25, -0.2) is 0 Å². The van der Waals surface area contributed by atoms with E-state index >= 15 is 0 Å². The van der Waals surface area contributed by atoms with Gasteiger partial charge in [-0.1, -0.05) is 13.8 Å². The number of nitrogens with zero attached hydrogens (tertiary/aromatic N) is 2. The molecule has 1 unspecified atom stereocenters. The summed E-state index contributed by atoms with van der Waals surface area (Å²) in [6.45, 7) is 8.82. The van der Waals surface area contributed by atoms with Crippen LogP contribution in [0.25, 0.3) is 0 Å². The molecule has 0 bridgehead atoms. The lowest BCUT2D eigenvalue weighted by atomic mass is 10.1. The highest BCUT2D eigenvalue weighted by molar-refractivity contribution is 6.18. The predicted molar refractivity (Wildman–Crippen MR) is 67.8 cm³/mol. The van der Waals surface area contributed by atoms with Crippen LogP contribution in [-0.2, 0) is 4.79 Å². The molecule has 1 amide bonds. The van der Waals surface area contributed by atoms with Crippen molar-refractivity contribution in [1.29, 1.82) is 0 Å². The van der Waals surface area contributed by atoms with Crippen molar-refractivity contribution in [3.63, 3.8) is 0 Å². The molecule has 16 heavy (non-hydrogen) atoms. The molecule has 0 saturated carbocycles.